The minimum absolute atomic E-state index is 0.0457. The summed E-state index contributed by atoms with van der Waals surface area (Å²) in [5.74, 6) is -0.551. The van der Waals surface area contributed by atoms with Crippen molar-refractivity contribution in [1.82, 2.24) is 14.5 Å². The van der Waals surface area contributed by atoms with Crippen LogP contribution in [0.2, 0.25) is 10.0 Å². The summed E-state index contributed by atoms with van der Waals surface area (Å²) >= 11 is 12.4. The van der Waals surface area contributed by atoms with Crippen molar-refractivity contribution in [3.63, 3.8) is 0 Å². The first-order valence-electron chi connectivity index (χ1n) is 13.4. The average Bonchev–Trinajstić information content (AvgIpc) is 2.92. The Kier molecular flexibility index (Phi) is 11.4. The van der Waals surface area contributed by atoms with Crippen LogP contribution in [0.25, 0.3) is 0 Å². The summed E-state index contributed by atoms with van der Waals surface area (Å²) in [5, 5.41) is 3.77. The highest BCUT2D eigenvalue weighted by Gasteiger charge is 2.32. The van der Waals surface area contributed by atoms with E-state index in [2.05, 4.69) is 5.32 Å². The number of sulfonamides is 1. The topological polar surface area (TPSA) is 86.8 Å². The van der Waals surface area contributed by atoms with Crippen LogP contribution < -0.4 is 5.32 Å². The van der Waals surface area contributed by atoms with Crippen LogP contribution in [0.1, 0.15) is 44.7 Å². The van der Waals surface area contributed by atoms with Crippen LogP contribution >= 0.6 is 23.2 Å². The van der Waals surface area contributed by atoms with E-state index in [9.17, 15) is 18.0 Å². The van der Waals surface area contributed by atoms with Crippen molar-refractivity contribution < 1.29 is 18.0 Å². The van der Waals surface area contributed by atoms with Gasteiger partial charge >= 0.3 is 0 Å². The highest BCUT2D eigenvalue weighted by atomic mass is 35.5. The maximum absolute atomic E-state index is 13.8. The maximum atomic E-state index is 13.8. The van der Waals surface area contributed by atoms with Crippen molar-refractivity contribution in [2.45, 2.75) is 63.1 Å². The lowest BCUT2D eigenvalue weighted by molar-refractivity contribution is -0.142. The predicted molar refractivity (Wildman–Crippen MR) is 164 cm³/mol. The summed E-state index contributed by atoms with van der Waals surface area (Å²) < 4.78 is 27.1. The first kappa shape index (κ1) is 32.6. The van der Waals surface area contributed by atoms with Gasteiger partial charge in [0.1, 0.15) is 6.04 Å². The van der Waals surface area contributed by atoms with Crippen molar-refractivity contribution in [3.8, 4) is 0 Å². The van der Waals surface area contributed by atoms with E-state index in [1.807, 2.05) is 51.1 Å². The van der Waals surface area contributed by atoms with Crippen LogP contribution in [0.4, 0.5) is 0 Å². The molecule has 0 bridgehead atoms. The molecule has 1 atom stereocenters. The minimum Gasteiger partial charge on any atom is -0.350 e. The number of amides is 2. The van der Waals surface area contributed by atoms with Crippen molar-refractivity contribution in [3.05, 3.63) is 100 Å². The van der Waals surface area contributed by atoms with E-state index < -0.39 is 21.6 Å². The summed E-state index contributed by atoms with van der Waals surface area (Å²) in [4.78, 5) is 29.2. The fraction of sp³-hybridized carbons (Fsp3) is 0.355. The zero-order chi connectivity index (χ0) is 30.2. The molecule has 1 unspecified atom stereocenters. The van der Waals surface area contributed by atoms with E-state index in [-0.39, 0.29) is 42.6 Å². The van der Waals surface area contributed by atoms with Crippen molar-refractivity contribution in [2.24, 2.45) is 0 Å². The van der Waals surface area contributed by atoms with Gasteiger partial charge in [-0.2, -0.15) is 0 Å². The number of carbonyl (C=O) groups excluding carboxylic acids is 2. The van der Waals surface area contributed by atoms with Crippen LogP contribution in [0.15, 0.2) is 83.8 Å². The number of nitrogens with zero attached hydrogens (tertiary/aromatic N) is 2. The summed E-state index contributed by atoms with van der Waals surface area (Å²) in [6.45, 7) is 5.93. The molecule has 7 nitrogen and oxygen atoms in total. The molecule has 3 aromatic carbocycles. The summed E-state index contributed by atoms with van der Waals surface area (Å²) in [7, 11) is -2.19. The van der Waals surface area contributed by atoms with E-state index in [0.717, 1.165) is 11.1 Å². The lowest BCUT2D eigenvalue weighted by Crippen LogP contribution is -2.54. The van der Waals surface area contributed by atoms with Gasteiger partial charge in [0.25, 0.3) is 0 Å². The molecule has 0 spiro atoms. The molecule has 41 heavy (non-hydrogen) atoms. The lowest BCUT2D eigenvalue weighted by atomic mass is 10.00. The molecule has 0 saturated carbocycles. The molecule has 3 rings (SSSR count). The van der Waals surface area contributed by atoms with Crippen LogP contribution in [0.5, 0.6) is 0 Å². The second-order valence-corrected chi connectivity index (χ2v) is 13.8. The van der Waals surface area contributed by atoms with E-state index in [1.165, 1.54) is 23.5 Å². The number of rotatable bonds is 12. The Balaban J connectivity index is 1.87. The second-order valence-electron chi connectivity index (χ2n) is 11.0. The SMILES string of the molecule is CN(CCCC(=O)N(Cc1ccc(Cl)c(Cl)c1)C(Cc1ccccc1)C(=O)NC(C)(C)C)S(=O)(=O)c1ccccc1. The van der Waals surface area contributed by atoms with Gasteiger partial charge in [-0.25, -0.2) is 12.7 Å². The van der Waals surface area contributed by atoms with Gasteiger partial charge in [0.2, 0.25) is 21.8 Å². The molecule has 0 saturated heterocycles. The van der Waals surface area contributed by atoms with Crippen LogP contribution in [0, 0.1) is 0 Å². The third-order valence-electron chi connectivity index (χ3n) is 6.42. The van der Waals surface area contributed by atoms with Crippen molar-refractivity contribution >= 4 is 45.0 Å². The summed E-state index contributed by atoms with van der Waals surface area (Å²) in [5.41, 5.74) is 1.11. The van der Waals surface area contributed by atoms with Gasteiger partial charge in [0.15, 0.2) is 0 Å². The van der Waals surface area contributed by atoms with E-state index in [0.29, 0.717) is 16.5 Å². The number of hydrogen-bond donors (Lipinski definition) is 1. The fourth-order valence-electron chi connectivity index (χ4n) is 4.33. The zero-order valence-electron chi connectivity index (χ0n) is 23.8. The Morgan fingerprint density at radius 1 is 0.878 bits per heavy atom. The molecule has 0 fully saturated rings. The highest BCUT2D eigenvalue weighted by Crippen LogP contribution is 2.25. The first-order valence-corrected chi connectivity index (χ1v) is 15.6. The Labute approximate surface area is 253 Å². The number of benzene rings is 3. The van der Waals surface area contributed by atoms with E-state index in [4.69, 9.17) is 23.2 Å². The number of nitrogens with one attached hydrogen (secondary N) is 1. The molecule has 3 aromatic rings. The van der Waals surface area contributed by atoms with Gasteiger partial charge < -0.3 is 10.2 Å². The molecule has 1 N–H and O–H groups in total. The van der Waals surface area contributed by atoms with Gasteiger partial charge in [0, 0.05) is 38.5 Å². The number of hydrogen-bond acceptors (Lipinski definition) is 4. The smallest absolute Gasteiger partial charge is 0.243 e. The minimum atomic E-state index is -3.69. The van der Waals surface area contributed by atoms with Crippen molar-refractivity contribution in [1.29, 1.82) is 0 Å². The highest BCUT2D eigenvalue weighted by molar-refractivity contribution is 7.89. The maximum Gasteiger partial charge on any atom is 0.243 e. The fourth-order valence-corrected chi connectivity index (χ4v) is 5.88. The Hall–Kier alpha value is -2.91. The van der Waals surface area contributed by atoms with Gasteiger partial charge in [-0.1, -0.05) is 77.8 Å². The van der Waals surface area contributed by atoms with Gasteiger partial charge in [-0.15, -0.1) is 0 Å². The largest absolute Gasteiger partial charge is 0.350 e. The first-order chi connectivity index (χ1) is 19.3. The number of carbonyl (C=O) groups is 2. The molecule has 0 aromatic heterocycles. The Morgan fingerprint density at radius 2 is 1.49 bits per heavy atom. The Bertz CT molecular complexity index is 1430. The molecule has 0 heterocycles. The molecule has 0 aliphatic heterocycles. The second kappa shape index (κ2) is 14.3. The zero-order valence-corrected chi connectivity index (χ0v) is 26.1. The molecule has 0 aliphatic carbocycles. The summed E-state index contributed by atoms with van der Waals surface area (Å²) in [6.07, 6.45) is 0.625. The Morgan fingerprint density at radius 3 is 2.07 bits per heavy atom. The van der Waals surface area contributed by atoms with E-state index >= 15 is 0 Å². The average molecular weight is 619 g/mol. The standard InChI is InChI=1S/C31H37Cl2N3O4S/c1-31(2,3)34-30(38)28(21-23-12-7-5-8-13-23)36(22-24-17-18-26(32)27(33)20-24)29(37)16-11-19-35(4)41(39,40)25-14-9-6-10-15-25/h5-10,12-15,17-18,20,28H,11,16,19,21-22H2,1-4H3,(H,34,38). The van der Waals surface area contributed by atoms with Crippen molar-refractivity contribution in [2.75, 3.05) is 13.6 Å². The monoisotopic (exact) mass is 617 g/mol. The van der Waals surface area contributed by atoms with Crippen LogP contribution in [0.3, 0.4) is 0 Å². The summed E-state index contributed by atoms with van der Waals surface area (Å²) in [6, 6.07) is 22.0. The molecule has 2 amide bonds. The molecular weight excluding hydrogens is 581 g/mol. The molecule has 0 aliphatic rings. The van der Waals surface area contributed by atoms with Gasteiger partial charge in [-0.3, -0.25) is 9.59 Å². The molecule has 220 valence electrons. The molecular formula is C31H37Cl2N3O4S. The molecule has 0 radical (unpaired) electrons. The van der Waals surface area contributed by atoms with Crippen LogP contribution in [-0.4, -0.2) is 54.6 Å². The van der Waals surface area contributed by atoms with Gasteiger partial charge in [0.05, 0.1) is 14.9 Å². The third kappa shape index (κ3) is 9.57. The molecule has 10 heteroatoms. The lowest BCUT2D eigenvalue weighted by Gasteiger charge is -2.34. The normalized spacial score (nSPS) is 12.7. The van der Waals surface area contributed by atoms with Crippen LogP contribution in [-0.2, 0) is 32.6 Å². The quantitative estimate of drug-likeness (QED) is 0.272. The third-order valence-corrected chi connectivity index (χ3v) is 9.03. The predicted octanol–water partition coefficient (Wildman–Crippen LogP) is 5.95. The number of halogens is 2. The van der Waals surface area contributed by atoms with E-state index in [1.54, 1.807) is 41.3 Å². The van der Waals surface area contributed by atoms with Gasteiger partial charge in [-0.05, 0) is 62.6 Å².